The lowest BCUT2D eigenvalue weighted by Gasteiger charge is -2.25. The molecule has 0 spiro atoms. The van der Waals surface area contributed by atoms with E-state index in [0.717, 1.165) is 0 Å². The van der Waals surface area contributed by atoms with E-state index in [9.17, 15) is 14.7 Å². The van der Waals surface area contributed by atoms with Gasteiger partial charge in [0.15, 0.2) is 0 Å². The number of benzene rings is 1. The molecule has 0 radical (unpaired) electrons. The fourth-order valence-corrected chi connectivity index (χ4v) is 2.08. The Kier molecular flexibility index (Phi) is 4.32. The molecule has 2 amide bonds. The van der Waals surface area contributed by atoms with Crippen molar-refractivity contribution in [2.45, 2.75) is 13.0 Å². The van der Waals surface area contributed by atoms with Crippen LogP contribution in [0.5, 0.6) is 5.75 Å². The number of amides is 2. The zero-order valence-corrected chi connectivity index (χ0v) is 11.9. The second-order valence-corrected chi connectivity index (χ2v) is 5.12. The molecule has 0 bridgehead atoms. The first-order valence-corrected chi connectivity index (χ1v) is 6.48. The highest BCUT2D eigenvalue weighted by atomic mass is 16.5. The van der Waals surface area contributed by atoms with Crippen molar-refractivity contribution in [3.63, 3.8) is 0 Å². The Morgan fingerprint density at radius 3 is 2.62 bits per heavy atom. The highest BCUT2D eigenvalue weighted by molar-refractivity contribution is 5.90. The Labute approximate surface area is 122 Å². The van der Waals surface area contributed by atoms with Gasteiger partial charge in [-0.25, -0.2) is 4.79 Å². The van der Waals surface area contributed by atoms with Crippen molar-refractivity contribution in [3.8, 4) is 5.75 Å². The van der Waals surface area contributed by atoms with Crippen LogP contribution >= 0.6 is 0 Å². The number of hydrogen-bond acceptors (Lipinski definition) is 4. The van der Waals surface area contributed by atoms with Crippen molar-refractivity contribution in [3.05, 3.63) is 24.3 Å². The smallest absolute Gasteiger partial charge is 0.319 e. The van der Waals surface area contributed by atoms with Gasteiger partial charge in [-0.3, -0.25) is 4.79 Å². The molecule has 7 heteroatoms. The average molecular weight is 294 g/mol. The zero-order chi connectivity index (χ0) is 15.5. The van der Waals surface area contributed by atoms with E-state index >= 15 is 0 Å². The lowest BCUT2D eigenvalue weighted by molar-refractivity contribution is -0.148. The number of carboxylic acids is 1. The summed E-state index contributed by atoms with van der Waals surface area (Å²) in [5, 5.41) is 14.5. The largest absolute Gasteiger partial charge is 0.497 e. The summed E-state index contributed by atoms with van der Waals surface area (Å²) in [4.78, 5) is 23.2. The molecule has 1 aromatic rings. The number of carboxylic acid groups (broad SMARTS) is 1. The third kappa shape index (κ3) is 3.25. The number of rotatable bonds is 4. The molecule has 2 unspecified atom stereocenters. The van der Waals surface area contributed by atoms with Crippen molar-refractivity contribution < 1.29 is 24.2 Å². The summed E-state index contributed by atoms with van der Waals surface area (Å²) in [6.07, 6.45) is 0. The SMILES string of the molecule is COc1ccc(NC(=O)NC2COCC2(C)C(=O)O)cc1. The standard InChI is InChI=1S/C14H18N2O5/c1-14(12(17)18)8-21-7-11(14)16-13(19)15-9-3-5-10(20-2)6-4-9/h3-6,11H,7-8H2,1-2H3,(H,17,18)(H2,15,16,19). The molecule has 3 N–H and O–H groups in total. The van der Waals surface area contributed by atoms with Crippen LogP contribution in [0.4, 0.5) is 10.5 Å². The van der Waals surface area contributed by atoms with E-state index < -0.39 is 23.5 Å². The molecule has 1 aliphatic rings. The van der Waals surface area contributed by atoms with Gasteiger partial charge >= 0.3 is 12.0 Å². The Hall–Kier alpha value is -2.28. The Balaban J connectivity index is 1.96. The van der Waals surface area contributed by atoms with Crippen LogP contribution in [0.1, 0.15) is 6.92 Å². The fraction of sp³-hybridized carbons (Fsp3) is 0.429. The van der Waals surface area contributed by atoms with Crippen LogP contribution in [0.25, 0.3) is 0 Å². The average Bonchev–Trinajstić information content (AvgIpc) is 2.82. The number of urea groups is 1. The molecule has 114 valence electrons. The molecule has 7 nitrogen and oxygen atoms in total. The maximum atomic E-state index is 11.9. The van der Waals surface area contributed by atoms with E-state index in [1.165, 1.54) is 0 Å². The summed E-state index contributed by atoms with van der Waals surface area (Å²) in [5.41, 5.74) is -0.527. The van der Waals surface area contributed by atoms with Crippen LogP contribution < -0.4 is 15.4 Å². The van der Waals surface area contributed by atoms with Crippen LogP contribution in [-0.2, 0) is 9.53 Å². The lowest BCUT2D eigenvalue weighted by Crippen LogP contribution is -2.50. The first-order chi connectivity index (χ1) is 9.95. The summed E-state index contributed by atoms with van der Waals surface area (Å²) in [6.45, 7) is 1.81. The summed E-state index contributed by atoms with van der Waals surface area (Å²) in [7, 11) is 1.56. The molecule has 1 saturated heterocycles. The van der Waals surface area contributed by atoms with Crippen molar-refractivity contribution in [1.82, 2.24) is 5.32 Å². The van der Waals surface area contributed by atoms with Crippen molar-refractivity contribution >= 4 is 17.7 Å². The topological polar surface area (TPSA) is 96.9 Å². The molecule has 2 atom stereocenters. The minimum Gasteiger partial charge on any atom is -0.497 e. The van der Waals surface area contributed by atoms with Crippen molar-refractivity contribution in [1.29, 1.82) is 0 Å². The normalized spacial score (nSPS) is 24.4. The lowest BCUT2D eigenvalue weighted by atomic mass is 9.85. The van der Waals surface area contributed by atoms with E-state index in [0.29, 0.717) is 11.4 Å². The van der Waals surface area contributed by atoms with Gasteiger partial charge in [-0.1, -0.05) is 0 Å². The number of carbonyl (C=O) groups excluding carboxylic acids is 1. The number of ether oxygens (including phenoxy) is 2. The number of hydrogen-bond donors (Lipinski definition) is 3. The van der Waals surface area contributed by atoms with Crippen molar-refractivity contribution in [2.24, 2.45) is 5.41 Å². The highest BCUT2D eigenvalue weighted by Crippen LogP contribution is 2.28. The predicted molar refractivity (Wildman–Crippen MR) is 75.5 cm³/mol. The minimum absolute atomic E-state index is 0.0792. The molecule has 0 saturated carbocycles. The number of nitrogens with one attached hydrogen (secondary N) is 2. The minimum atomic E-state index is -1.11. The molecule has 2 rings (SSSR count). The summed E-state index contributed by atoms with van der Waals surface area (Å²) < 4.78 is 10.2. The molecule has 1 aliphatic heterocycles. The molecule has 1 fully saturated rings. The second kappa shape index (κ2) is 6.01. The van der Waals surface area contributed by atoms with E-state index in [-0.39, 0.29) is 13.2 Å². The fourth-order valence-electron chi connectivity index (χ4n) is 2.08. The Morgan fingerprint density at radius 1 is 1.38 bits per heavy atom. The van der Waals surface area contributed by atoms with Crippen LogP contribution in [0.15, 0.2) is 24.3 Å². The summed E-state index contributed by atoms with van der Waals surface area (Å²) >= 11 is 0. The molecule has 0 aromatic heterocycles. The quantitative estimate of drug-likeness (QED) is 0.778. The summed E-state index contributed by atoms with van der Waals surface area (Å²) in [6, 6.07) is 5.78. The number of aliphatic carboxylic acids is 1. The third-order valence-electron chi connectivity index (χ3n) is 3.60. The van der Waals surface area contributed by atoms with Gasteiger partial charge in [-0.15, -0.1) is 0 Å². The van der Waals surface area contributed by atoms with Gasteiger partial charge in [0.25, 0.3) is 0 Å². The maximum Gasteiger partial charge on any atom is 0.319 e. The van der Waals surface area contributed by atoms with Crippen LogP contribution in [0.3, 0.4) is 0 Å². The molecule has 0 aliphatic carbocycles. The monoisotopic (exact) mass is 294 g/mol. The van der Waals surface area contributed by atoms with Crippen LogP contribution in [0.2, 0.25) is 0 Å². The highest BCUT2D eigenvalue weighted by Gasteiger charge is 2.47. The first-order valence-electron chi connectivity index (χ1n) is 6.48. The molecular weight excluding hydrogens is 276 g/mol. The second-order valence-electron chi connectivity index (χ2n) is 5.12. The molecular formula is C14H18N2O5. The van der Waals surface area contributed by atoms with Gasteiger partial charge in [0.1, 0.15) is 11.2 Å². The zero-order valence-electron chi connectivity index (χ0n) is 11.9. The Morgan fingerprint density at radius 2 is 2.05 bits per heavy atom. The van der Waals surface area contributed by atoms with Gasteiger partial charge in [0.05, 0.1) is 26.4 Å². The van der Waals surface area contributed by atoms with E-state index in [1.54, 1.807) is 38.3 Å². The van der Waals surface area contributed by atoms with Gasteiger partial charge in [0.2, 0.25) is 0 Å². The molecule has 1 aromatic carbocycles. The first kappa shape index (κ1) is 15.1. The number of methoxy groups -OCH3 is 1. The Bertz CT molecular complexity index is 531. The van der Waals surface area contributed by atoms with Gasteiger partial charge in [-0.2, -0.15) is 0 Å². The van der Waals surface area contributed by atoms with E-state index in [4.69, 9.17) is 9.47 Å². The van der Waals surface area contributed by atoms with Crippen LogP contribution in [-0.4, -0.2) is 43.5 Å². The van der Waals surface area contributed by atoms with Gasteiger partial charge < -0.3 is 25.2 Å². The number of carbonyl (C=O) groups is 2. The number of anilines is 1. The van der Waals surface area contributed by atoms with Gasteiger partial charge in [0, 0.05) is 5.69 Å². The molecule has 1 heterocycles. The predicted octanol–water partition coefficient (Wildman–Crippen LogP) is 1.31. The van der Waals surface area contributed by atoms with E-state index in [1.807, 2.05) is 0 Å². The third-order valence-corrected chi connectivity index (χ3v) is 3.60. The molecule has 21 heavy (non-hydrogen) atoms. The van der Waals surface area contributed by atoms with E-state index in [2.05, 4.69) is 10.6 Å². The summed E-state index contributed by atoms with van der Waals surface area (Å²) in [5.74, 6) is -0.307. The van der Waals surface area contributed by atoms with Crippen LogP contribution in [0, 0.1) is 5.41 Å². The van der Waals surface area contributed by atoms with Crippen molar-refractivity contribution in [2.75, 3.05) is 25.6 Å². The van der Waals surface area contributed by atoms with Gasteiger partial charge in [-0.05, 0) is 31.2 Å². The maximum absolute atomic E-state index is 11.9.